The van der Waals surface area contributed by atoms with Crippen LogP contribution in [0.1, 0.15) is 16.7 Å². The van der Waals surface area contributed by atoms with Gasteiger partial charge in [0, 0.05) is 37.4 Å². The van der Waals surface area contributed by atoms with Crippen LogP contribution in [0.25, 0.3) is 0 Å². The molecule has 1 aromatic carbocycles. The Bertz CT molecular complexity index is 614. The van der Waals surface area contributed by atoms with Crippen molar-refractivity contribution in [2.75, 3.05) is 13.7 Å². The molecular weight excluding hydrogens is 262 g/mol. The zero-order valence-electron chi connectivity index (χ0n) is 12.3. The minimum atomic E-state index is 0.366. The van der Waals surface area contributed by atoms with E-state index < -0.39 is 0 Å². The molecule has 0 bridgehead atoms. The smallest absolute Gasteiger partial charge is 0.217 e. The lowest BCUT2D eigenvalue weighted by Gasteiger charge is -2.36. The molecule has 0 fully saturated rings. The average Bonchev–Trinajstić information content (AvgIpc) is 2.54. The van der Waals surface area contributed by atoms with Gasteiger partial charge in [-0.25, -0.2) is 4.98 Å². The Balaban J connectivity index is 1.84. The van der Waals surface area contributed by atoms with Gasteiger partial charge in [-0.15, -0.1) is 0 Å². The van der Waals surface area contributed by atoms with Crippen LogP contribution in [0, 0.1) is 0 Å². The monoisotopic (exact) mass is 283 g/mol. The summed E-state index contributed by atoms with van der Waals surface area (Å²) in [6.07, 6.45) is 2.77. The van der Waals surface area contributed by atoms with E-state index in [2.05, 4.69) is 40.2 Å². The fourth-order valence-electron chi connectivity index (χ4n) is 3.01. The van der Waals surface area contributed by atoms with E-state index in [0.29, 0.717) is 18.5 Å². The standard InChI is InChI=1S/C17H21N3O/c1-21-17-15(7-4-8-19-17)12-20-11-14-6-3-2-5-13(14)9-16(20)10-18/h2-8,16H,9-12,18H2,1H3. The maximum atomic E-state index is 5.99. The lowest BCUT2D eigenvalue weighted by atomic mass is 9.93. The Hall–Kier alpha value is -1.91. The molecule has 0 amide bonds. The molecule has 2 aromatic rings. The highest BCUT2D eigenvalue weighted by Gasteiger charge is 2.25. The van der Waals surface area contributed by atoms with Crippen LogP contribution in [0.2, 0.25) is 0 Å². The number of nitrogens with zero attached hydrogens (tertiary/aromatic N) is 2. The topological polar surface area (TPSA) is 51.4 Å². The van der Waals surface area contributed by atoms with Crippen LogP contribution in [0.3, 0.4) is 0 Å². The number of hydrogen-bond acceptors (Lipinski definition) is 4. The molecule has 1 aromatic heterocycles. The van der Waals surface area contributed by atoms with E-state index in [9.17, 15) is 0 Å². The number of pyridine rings is 1. The molecule has 3 rings (SSSR count). The third kappa shape index (κ3) is 2.91. The molecule has 1 aliphatic heterocycles. The first-order valence-electron chi connectivity index (χ1n) is 7.30. The molecule has 0 aliphatic carbocycles. The van der Waals surface area contributed by atoms with Crippen molar-refractivity contribution >= 4 is 0 Å². The third-order valence-electron chi connectivity index (χ3n) is 4.15. The summed E-state index contributed by atoms with van der Waals surface area (Å²) in [5.41, 5.74) is 9.91. The van der Waals surface area contributed by atoms with Crippen molar-refractivity contribution in [3.05, 3.63) is 59.3 Å². The Morgan fingerprint density at radius 3 is 2.81 bits per heavy atom. The summed E-state index contributed by atoms with van der Waals surface area (Å²) in [5.74, 6) is 0.701. The van der Waals surface area contributed by atoms with Crippen molar-refractivity contribution in [1.29, 1.82) is 0 Å². The van der Waals surface area contributed by atoms with E-state index in [1.807, 2.05) is 6.07 Å². The molecule has 1 atom stereocenters. The molecular formula is C17H21N3O. The van der Waals surface area contributed by atoms with Gasteiger partial charge >= 0.3 is 0 Å². The first-order valence-corrected chi connectivity index (χ1v) is 7.30. The molecule has 4 heteroatoms. The van der Waals surface area contributed by atoms with Crippen molar-refractivity contribution in [1.82, 2.24) is 9.88 Å². The largest absolute Gasteiger partial charge is 0.481 e. The van der Waals surface area contributed by atoms with Crippen LogP contribution in [0.4, 0.5) is 0 Å². The fraction of sp³-hybridized carbons (Fsp3) is 0.353. The maximum absolute atomic E-state index is 5.99. The summed E-state index contributed by atoms with van der Waals surface area (Å²) < 4.78 is 5.36. The third-order valence-corrected chi connectivity index (χ3v) is 4.15. The highest BCUT2D eigenvalue weighted by atomic mass is 16.5. The summed E-state index contributed by atoms with van der Waals surface area (Å²) in [6.45, 7) is 2.40. The minimum Gasteiger partial charge on any atom is -0.481 e. The number of methoxy groups -OCH3 is 1. The van der Waals surface area contributed by atoms with Crippen molar-refractivity contribution in [2.24, 2.45) is 5.73 Å². The van der Waals surface area contributed by atoms with Crippen molar-refractivity contribution in [2.45, 2.75) is 25.6 Å². The molecule has 0 saturated carbocycles. The molecule has 2 heterocycles. The number of rotatable bonds is 4. The van der Waals surface area contributed by atoms with E-state index >= 15 is 0 Å². The van der Waals surface area contributed by atoms with Crippen molar-refractivity contribution in [3.63, 3.8) is 0 Å². The van der Waals surface area contributed by atoms with Gasteiger partial charge in [-0.3, -0.25) is 4.90 Å². The van der Waals surface area contributed by atoms with Crippen LogP contribution >= 0.6 is 0 Å². The van der Waals surface area contributed by atoms with Crippen LogP contribution in [0.5, 0.6) is 5.88 Å². The van der Waals surface area contributed by atoms with Gasteiger partial charge in [-0.05, 0) is 23.6 Å². The maximum Gasteiger partial charge on any atom is 0.217 e. The zero-order chi connectivity index (χ0) is 14.7. The van der Waals surface area contributed by atoms with Gasteiger partial charge in [0.05, 0.1) is 7.11 Å². The van der Waals surface area contributed by atoms with Crippen molar-refractivity contribution < 1.29 is 4.74 Å². The van der Waals surface area contributed by atoms with Gasteiger partial charge in [0.2, 0.25) is 5.88 Å². The van der Waals surface area contributed by atoms with Crippen molar-refractivity contribution in [3.8, 4) is 5.88 Å². The van der Waals surface area contributed by atoms with Gasteiger partial charge in [-0.2, -0.15) is 0 Å². The summed E-state index contributed by atoms with van der Waals surface area (Å²) in [7, 11) is 1.66. The number of aromatic nitrogens is 1. The van der Waals surface area contributed by atoms with Gasteiger partial charge in [-0.1, -0.05) is 30.3 Å². The van der Waals surface area contributed by atoms with Crippen LogP contribution in [0.15, 0.2) is 42.6 Å². The molecule has 4 nitrogen and oxygen atoms in total. The Kier molecular flexibility index (Phi) is 4.18. The zero-order valence-corrected chi connectivity index (χ0v) is 12.3. The van der Waals surface area contributed by atoms with Gasteiger partial charge in [0.15, 0.2) is 0 Å². The first-order chi connectivity index (χ1) is 10.3. The number of nitrogens with two attached hydrogens (primary N) is 1. The Labute approximate surface area is 125 Å². The highest BCUT2D eigenvalue weighted by molar-refractivity contribution is 5.31. The molecule has 110 valence electrons. The summed E-state index contributed by atoms with van der Waals surface area (Å²) in [4.78, 5) is 6.70. The SMILES string of the molecule is COc1ncccc1CN1Cc2ccccc2CC1CN. The molecule has 0 radical (unpaired) electrons. The Morgan fingerprint density at radius 1 is 1.24 bits per heavy atom. The molecule has 21 heavy (non-hydrogen) atoms. The average molecular weight is 283 g/mol. The van der Waals surface area contributed by atoms with Gasteiger partial charge in [0.1, 0.15) is 0 Å². The Morgan fingerprint density at radius 2 is 2.05 bits per heavy atom. The predicted molar refractivity (Wildman–Crippen MR) is 83.0 cm³/mol. The fourth-order valence-corrected chi connectivity index (χ4v) is 3.01. The lowest BCUT2D eigenvalue weighted by molar-refractivity contribution is 0.165. The van der Waals surface area contributed by atoms with E-state index in [1.165, 1.54) is 11.1 Å². The minimum absolute atomic E-state index is 0.366. The van der Waals surface area contributed by atoms with Crippen LogP contribution in [-0.4, -0.2) is 29.6 Å². The first kappa shape index (κ1) is 14.0. The van der Waals surface area contributed by atoms with Crippen LogP contribution < -0.4 is 10.5 Å². The number of fused-ring (bicyclic) bond motifs is 1. The van der Waals surface area contributed by atoms with E-state index in [1.54, 1.807) is 13.3 Å². The molecule has 0 saturated heterocycles. The quantitative estimate of drug-likeness (QED) is 0.932. The predicted octanol–water partition coefficient (Wildman–Crippen LogP) is 1.98. The van der Waals surface area contributed by atoms with E-state index in [0.717, 1.165) is 25.1 Å². The van der Waals surface area contributed by atoms with Crippen LogP contribution in [-0.2, 0) is 19.5 Å². The van der Waals surface area contributed by atoms with Gasteiger partial charge in [0.25, 0.3) is 0 Å². The lowest BCUT2D eigenvalue weighted by Crippen LogP contribution is -2.44. The number of benzene rings is 1. The molecule has 0 spiro atoms. The molecule has 2 N–H and O–H groups in total. The summed E-state index contributed by atoms with van der Waals surface area (Å²) in [6, 6.07) is 13.0. The normalized spacial score (nSPS) is 18.3. The second-order valence-corrected chi connectivity index (χ2v) is 5.44. The van der Waals surface area contributed by atoms with E-state index in [-0.39, 0.29) is 0 Å². The second kappa shape index (κ2) is 6.24. The molecule has 1 unspecified atom stereocenters. The number of ether oxygens (including phenoxy) is 1. The second-order valence-electron chi connectivity index (χ2n) is 5.44. The van der Waals surface area contributed by atoms with Gasteiger partial charge < -0.3 is 10.5 Å². The van der Waals surface area contributed by atoms with E-state index in [4.69, 9.17) is 10.5 Å². The highest BCUT2D eigenvalue weighted by Crippen LogP contribution is 2.26. The summed E-state index contributed by atoms with van der Waals surface area (Å²) >= 11 is 0. The summed E-state index contributed by atoms with van der Waals surface area (Å²) in [5, 5.41) is 0. The number of hydrogen-bond donors (Lipinski definition) is 1. The molecule has 1 aliphatic rings.